The summed E-state index contributed by atoms with van der Waals surface area (Å²) in [4.78, 5) is 14.1. The second-order valence-corrected chi connectivity index (χ2v) is 8.65. The number of methoxy groups -OCH3 is 1. The Balaban J connectivity index is 1.36. The number of carbonyl (C=O) groups excluding carboxylic acids is 1. The molecule has 1 saturated carbocycles. The normalized spacial score (nSPS) is 19.8. The van der Waals surface area contributed by atoms with Crippen LogP contribution in [0.25, 0.3) is 10.8 Å². The van der Waals surface area contributed by atoms with Gasteiger partial charge < -0.3 is 9.47 Å². The molecule has 0 N–H and O–H groups in total. The van der Waals surface area contributed by atoms with Crippen LogP contribution in [-0.2, 0) is 16.1 Å². The Hall–Kier alpha value is -2.07. The molecule has 0 bridgehead atoms. The average molecular weight is 396 g/mol. The van der Waals surface area contributed by atoms with Crippen molar-refractivity contribution in [3.63, 3.8) is 0 Å². The van der Waals surface area contributed by atoms with Crippen LogP contribution in [0.15, 0.2) is 36.4 Å². The minimum absolute atomic E-state index is 0.0581. The number of likely N-dealkylation sites (tertiary alicyclic amines) is 1. The lowest BCUT2D eigenvalue weighted by Gasteiger charge is -2.30. The van der Waals surface area contributed by atoms with Gasteiger partial charge in [0.15, 0.2) is 0 Å². The van der Waals surface area contributed by atoms with Gasteiger partial charge in [0.05, 0.1) is 19.1 Å². The second-order valence-electron chi connectivity index (χ2n) is 8.65. The first-order valence-electron chi connectivity index (χ1n) is 11.2. The molecule has 0 unspecified atom stereocenters. The molecule has 1 aliphatic carbocycles. The lowest BCUT2D eigenvalue weighted by molar-refractivity contribution is -0.147. The van der Waals surface area contributed by atoms with E-state index in [4.69, 9.17) is 9.47 Å². The first-order chi connectivity index (χ1) is 14.2. The van der Waals surface area contributed by atoms with Gasteiger partial charge in [0.2, 0.25) is 0 Å². The maximum atomic E-state index is 11.7. The van der Waals surface area contributed by atoms with E-state index in [9.17, 15) is 4.79 Å². The van der Waals surface area contributed by atoms with Crippen molar-refractivity contribution in [3.8, 4) is 5.75 Å². The highest BCUT2D eigenvalue weighted by Crippen LogP contribution is 2.27. The van der Waals surface area contributed by atoms with Crippen LogP contribution in [0.4, 0.5) is 0 Å². The van der Waals surface area contributed by atoms with E-state index >= 15 is 0 Å². The highest BCUT2D eigenvalue weighted by atomic mass is 16.5. The SMILES string of the molecule is COC(=O)C1CCN(Cc2ccc3cc(OC4CCCCCC4)ccc3c2)CC1. The predicted octanol–water partition coefficient (Wildman–Crippen LogP) is 5.33. The fourth-order valence-electron chi connectivity index (χ4n) is 4.75. The molecule has 29 heavy (non-hydrogen) atoms. The average Bonchev–Trinajstić information content (AvgIpc) is 3.02. The summed E-state index contributed by atoms with van der Waals surface area (Å²) in [6.07, 6.45) is 9.80. The van der Waals surface area contributed by atoms with Gasteiger partial charge in [-0.25, -0.2) is 0 Å². The van der Waals surface area contributed by atoms with Crippen LogP contribution in [0.2, 0.25) is 0 Å². The molecule has 4 heteroatoms. The maximum absolute atomic E-state index is 11.7. The van der Waals surface area contributed by atoms with E-state index in [-0.39, 0.29) is 11.9 Å². The largest absolute Gasteiger partial charge is 0.490 e. The van der Waals surface area contributed by atoms with Crippen LogP contribution in [0.5, 0.6) is 5.75 Å². The summed E-state index contributed by atoms with van der Waals surface area (Å²) in [5.41, 5.74) is 1.33. The first-order valence-corrected chi connectivity index (χ1v) is 11.2. The van der Waals surface area contributed by atoms with E-state index in [0.29, 0.717) is 6.10 Å². The fourth-order valence-corrected chi connectivity index (χ4v) is 4.75. The summed E-state index contributed by atoms with van der Waals surface area (Å²) in [7, 11) is 1.48. The molecule has 0 atom stereocenters. The number of hydrogen-bond donors (Lipinski definition) is 0. The van der Waals surface area contributed by atoms with Crippen LogP contribution in [0, 0.1) is 5.92 Å². The molecule has 1 saturated heterocycles. The quantitative estimate of drug-likeness (QED) is 0.507. The number of nitrogens with zero attached hydrogens (tertiary/aromatic N) is 1. The van der Waals surface area contributed by atoms with E-state index in [1.807, 2.05) is 0 Å². The Kier molecular flexibility index (Phi) is 6.70. The fraction of sp³-hybridized carbons (Fsp3) is 0.560. The molecule has 156 valence electrons. The maximum Gasteiger partial charge on any atom is 0.308 e. The Morgan fingerprint density at radius 2 is 1.62 bits per heavy atom. The van der Waals surface area contributed by atoms with Crippen LogP contribution in [0.3, 0.4) is 0 Å². The van der Waals surface area contributed by atoms with Crippen molar-refractivity contribution in [2.75, 3.05) is 20.2 Å². The van der Waals surface area contributed by atoms with Crippen molar-refractivity contribution < 1.29 is 14.3 Å². The van der Waals surface area contributed by atoms with Gasteiger partial charge in [0.1, 0.15) is 5.75 Å². The van der Waals surface area contributed by atoms with E-state index in [0.717, 1.165) is 38.2 Å². The summed E-state index contributed by atoms with van der Waals surface area (Å²) in [6, 6.07) is 13.2. The Morgan fingerprint density at radius 1 is 0.931 bits per heavy atom. The zero-order valence-corrected chi connectivity index (χ0v) is 17.6. The van der Waals surface area contributed by atoms with Crippen molar-refractivity contribution in [3.05, 3.63) is 42.0 Å². The molecule has 1 heterocycles. The molecule has 1 aliphatic heterocycles. The van der Waals surface area contributed by atoms with Crippen LogP contribution < -0.4 is 4.74 Å². The van der Waals surface area contributed by atoms with Gasteiger partial charge in [-0.2, -0.15) is 0 Å². The summed E-state index contributed by atoms with van der Waals surface area (Å²) >= 11 is 0. The Morgan fingerprint density at radius 3 is 2.34 bits per heavy atom. The van der Waals surface area contributed by atoms with Crippen LogP contribution >= 0.6 is 0 Å². The molecule has 4 nitrogen and oxygen atoms in total. The first kappa shape index (κ1) is 20.2. The summed E-state index contributed by atoms with van der Waals surface area (Å²) in [5, 5.41) is 2.50. The molecule has 0 spiro atoms. The molecule has 2 fully saturated rings. The molecular formula is C25H33NO3. The number of piperidine rings is 1. The minimum atomic E-state index is -0.0581. The zero-order chi connectivity index (χ0) is 20.1. The minimum Gasteiger partial charge on any atom is -0.490 e. The number of esters is 1. The summed E-state index contributed by atoms with van der Waals surface area (Å²) < 4.78 is 11.2. The van der Waals surface area contributed by atoms with Gasteiger partial charge in [0, 0.05) is 6.54 Å². The third-order valence-electron chi connectivity index (χ3n) is 6.51. The van der Waals surface area contributed by atoms with Crippen molar-refractivity contribution in [2.45, 2.75) is 64.0 Å². The van der Waals surface area contributed by atoms with Crippen molar-refractivity contribution >= 4 is 16.7 Å². The number of fused-ring (bicyclic) bond motifs is 1. The van der Waals surface area contributed by atoms with E-state index < -0.39 is 0 Å². The number of rotatable bonds is 5. The molecule has 4 rings (SSSR count). The number of ether oxygens (including phenoxy) is 2. The lowest BCUT2D eigenvalue weighted by atomic mass is 9.96. The molecule has 2 aromatic carbocycles. The smallest absolute Gasteiger partial charge is 0.308 e. The highest BCUT2D eigenvalue weighted by Gasteiger charge is 2.25. The molecular weight excluding hydrogens is 362 g/mol. The topological polar surface area (TPSA) is 38.8 Å². The third-order valence-corrected chi connectivity index (χ3v) is 6.51. The highest BCUT2D eigenvalue weighted by molar-refractivity contribution is 5.84. The van der Waals surface area contributed by atoms with Gasteiger partial charge in [-0.1, -0.05) is 31.0 Å². The van der Waals surface area contributed by atoms with Gasteiger partial charge >= 0.3 is 5.97 Å². The van der Waals surface area contributed by atoms with Gasteiger partial charge in [-0.15, -0.1) is 0 Å². The van der Waals surface area contributed by atoms with Crippen LogP contribution in [-0.4, -0.2) is 37.2 Å². The summed E-state index contributed by atoms with van der Waals surface area (Å²) in [5.74, 6) is 1.01. The third kappa shape index (κ3) is 5.30. The van der Waals surface area contributed by atoms with Gasteiger partial charge in [0.25, 0.3) is 0 Å². The molecule has 0 radical (unpaired) electrons. The zero-order valence-electron chi connectivity index (χ0n) is 17.6. The number of benzene rings is 2. The summed E-state index contributed by atoms with van der Waals surface area (Å²) in [6.45, 7) is 2.84. The second kappa shape index (κ2) is 9.62. The Labute approximate surface area is 174 Å². The van der Waals surface area contributed by atoms with Gasteiger partial charge in [-0.3, -0.25) is 9.69 Å². The van der Waals surface area contributed by atoms with E-state index in [2.05, 4.69) is 41.3 Å². The van der Waals surface area contributed by atoms with Gasteiger partial charge in [-0.05, 0) is 86.1 Å². The van der Waals surface area contributed by atoms with E-state index in [1.54, 1.807) is 0 Å². The number of carbonyl (C=O) groups is 1. The van der Waals surface area contributed by atoms with Crippen molar-refractivity contribution in [2.24, 2.45) is 5.92 Å². The molecule has 2 aliphatic rings. The predicted molar refractivity (Wildman–Crippen MR) is 116 cm³/mol. The molecule has 2 aromatic rings. The standard InChI is InChI=1S/C25H33NO3/c1-28-25(27)20-12-14-26(15-13-20)18-19-8-9-22-17-24(11-10-21(22)16-19)29-23-6-4-2-3-5-7-23/h8-11,16-17,20,23H,2-7,12-15,18H2,1H3. The lowest BCUT2D eigenvalue weighted by Crippen LogP contribution is -2.36. The Bertz CT molecular complexity index is 818. The van der Waals surface area contributed by atoms with Crippen molar-refractivity contribution in [1.82, 2.24) is 4.90 Å². The number of hydrogen-bond acceptors (Lipinski definition) is 4. The monoisotopic (exact) mass is 395 g/mol. The van der Waals surface area contributed by atoms with Crippen LogP contribution in [0.1, 0.15) is 56.9 Å². The van der Waals surface area contributed by atoms with E-state index in [1.165, 1.54) is 62.0 Å². The molecule has 0 aromatic heterocycles. The van der Waals surface area contributed by atoms with Crippen molar-refractivity contribution in [1.29, 1.82) is 0 Å². The molecule has 0 amide bonds.